The highest BCUT2D eigenvalue weighted by Gasteiger charge is 2.07. The fraction of sp³-hybridized carbons (Fsp3) is 0.385. The molecule has 1 N–H and O–H groups in total. The van der Waals surface area contributed by atoms with Crippen LogP contribution < -0.4 is 5.32 Å². The minimum absolute atomic E-state index is 0.616. The van der Waals surface area contributed by atoms with Crippen LogP contribution in [0.5, 0.6) is 0 Å². The first kappa shape index (κ1) is 9.47. The molecule has 0 saturated heterocycles. The predicted octanol–water partition coefficient (Wildman–Crippen LogP) is 2.80. The summed E-state index contributed by atoms with van der Waals surface area (Å²) in [7, 11) is 0. The number of rotatable bonds is 2. The van der Waals surface area contributed by atoms with Crippen LogP contribution in [-0.4, -0.2) is 13.1 Å². The average molecular weight is 187 g/mol. The Bertz CT molecular complexity index is 350. The van der Waals surface area contributed by atoms with E-state index >= 15 is 0 Å². The molecule has 0 aliphatic carbocycles. The lowest BCUT2D eigenvalue weighted by atomic mass is 9.98. The lowest BCUT2D eigenvalue weighted by Gasteiger charge is -2.08. The van der Waals surface area contributed by atoms with Crippen molar-refractivity contribution in [2.45, 2.75) is 19.8 Å². The van der Waals surface area contributed by atoms with E-state index in [9.17, 15) is 0 Å². The maximum absolute atomic E-state index is 3.33. The SMILES string of the molecule is CC(C)c1cccc(C2=CCNC2)c1. The monoisotopic (exact) mass is 187 g/mol. The summed E-state index contributed by atoms with van der Waals surface area (Å²) in [5, 5.41) is 3.33. The van der Waals surface area contributed by atoms with Crippen LogP contribution in [0.25, 0.3) is 5.57 Å². The summed E-state index contributed by atoms with van der Waals surface area (Å²) in [4.78, 5) is 0. The van der Waals surface area contributed by atoms with E-state index in [-0.39, 0.29) is 0 Å². The van der Waals surface area contributed by atoms with Gasteiger partial charge < -0.3 is 5.32 Å². The third kappa shape index (κ3) is 1.88. The molecule has 1 aliphatic heterocycles. The van der Waals surface area contributed by atoms with Crippen LogP contribution in [0, 0.1) is 0 Å². The largest absolute Gasteiger partial charge is 0.309 e. The Hall–Kier alpha value is -1.08. The molecule has 0 amide bonds. The Morgan fingerprint density at radius 3 is 2.79 bits per heavy atom. The number of nitrogens with one attached hydrogen (secondary N) is 1. The van der Waals surface area contributed by atoms with Crippen molar-refractivity contribution in [2.75, 3.05) is 13.1 Å². The zero-order valence-corrected chi connectivity index (χ0v) is 8.88. The zero-order chi connectivity index (χ0) is 9.97. The van der Waals surface area contributed by atoms with Crippen molar-refractivity contribution in [2.24, 2.45) is 0 Å². The van der Waals surface area contributed by atoms with E-state index in [0.717, 1.165) is 13.1 Å². The number of hydrogen-bond acceptors (Lipinski definition) is 1. The first-order valence-electron chi connectivity index (χ1n) is 5.27. The Morgan fingerprint density at radius 1 is 1.29 bits per heavy atom. The molecule has 1 nitrogen and oxygen atoms in total. The molecule has 0 bridgehead atoms. The summed E-state index contributed by atoms with van der Waals surface area (Å²) < 4.78 is 0. The summed E-state index contributed by atoms with van der Waals surface area (Å²) in [6, 6.07) is 8.87. The van der Waals surface area contributed by atoms with E-state index < -0.39 is 0 Å². The fourth-order valence-electron chi connectivity index (χ4n) is 1.79. The highest BCUT2D eigenvalue weighted by molar-refractivity contribution is 5.69. The summed E-state index contributed by atoms with van der Waals surface area (Å²) >= 11 is 0. The van der Waals surface area contributed by atoms with Gasteiger partial charge in [0.05, 0.1) is 0 Å². The Labute approximate surface area is 85.8 Å². The van der Waals surface area contributed by atoms with Crippen LogP contribution in [0.2, 0.25) is 0 Å². The normalized spacial score (nSPS) is 16.1. The van der Waals surface area contributed by atoms with Gasteiger partial charge in [0.2, 0.25) is 0 Å². The van der Waals surface area contributed by atoms with Crippen molar-refractivity contribution in [3.8, 4) is 0 Å². The molecule has 0 unspecified atom stereocenters. The Morgan fingerprint density at radius 2 is 2.14 bits per heavy atom. The molecule has 2 rings (SSSR count). The molecule has 0 radical (unpaired) electrons. The second-order valence-corrected chi connectivity index (χ2v) is 4.14. The van der Waals surface area contributed by atoms with Gasteiger partial charge in [-0.1, -0.05) is 44.2 Å². The summed E-state index contributed by atoms with van der Waals surface area (Å²) in [6.45, 7) is 6.50. The highest BCUT2D eigenvalue weighted by Crippen LogP contribution is 2.21. The van der Waals surface area contributed by atoms with Crippen LogP contribution in [0.3, 0.4) is 0 Å². The lowest BCUT2D eigenvalue weighted by molar-refractivity contribution is 0.865. The molecular weight excluding hydrogens is 170 g/mol. The minimum atomic E-state index is 0.616. The van der Waals surface area contributed by atoms with E-state index in [0.29, 0.717) is 5.92 Å². The van der Waals surface area contributed by atoms with Gasteiger partial charge in [0.15, 0.2) is 0 Å². The first-order valence-corrected chi connectivity index (χ1v) is 5.27. The Balaban J connectivity index is 2.30. The standard InChI is InChI=1S/C13H17N/c1-10(2)11-4-3-5-12(8-11)13-6-7-14-9-13/h3-6,8,10,14H,7,9H2,1-2H3. The minimum Gasteiger partial charge on any atom is -0.309 e. The molecule has 1 aromatic carbocycles. The maximum atomic E-state index is 3.33. The van der Waals surface area contributed by atoms with E-state index in [1.807, 2.05) is 0 Å². The van der Waals surface area contributed by atoms with Gasteiger partial charge in [0.1, 0.15) is 0 Å². The van der Waals surface area contributed by atoms with E-state index in [2.05, 4.69) is 49.5 Å². The Kier molecular flexibility index (Phi) is 2.69. The number of hydrogen-bond donors (Lipinski definition) is 1. The fourth-order valence-corrected chi connectivity index (χ4v) is 1.79. The summed E-state index contributed by atoms with van der Waals surface area (Å²) in [5.41, 5.74) is 4.24. The third-order valence-corrected chi connectivity index (χ3v) is 2.73. The summed E-state index contributed by atoms with van der Waals surface area (Å²) in [6.07, 6.45) is 2.28. The van der Waals surface area contributed by atoms with E-state index in [4.69, 9.17) is 0 Å². The molecule has 1 heteroatoms. The maximum Gasteiger partial charge on any atom is 0.0211 e. The van der Waals surface area contributed by atoms with Crippen molar-refractivity contribution in [1.82, 2.24) is 5.32 Å². The van der Waals surface area contributed by atoms with Gasteiger partial charge in [-0.3, -0.25) is 0 Å². The molecule has 0 fully saturated rings. The first-order chi connectivity index (χ1) is 6.77. The van der Waals surface area contributed by atoms with Crippen LogP contribution >= 0.6 is 0 Å². The van der Waals surface area contributed by atoms with Gasteiger partial charge in [-0.25, -0.2) is 0 Å². The van der Waals surface area contributed by atoms with E-state index in [1.165, 1.54) is 16.7 Å². The molecule has 14 heavy (non-hydrogen) atoms. The second kappa shape index (κ2) is 3.97. The number of benzene rings is 1. The molecule has 0 atom stereocenters. The molecule has 1 aliphatic rings. The van der Waals surface area contributed by atoms with Gasteiger partial charge in [-0.2, -0.15) is 0 Å². The molecule has 0 saturated carbocycles. The topological polar surface area (TPSA) is 12.0 Å². The molecule has 1 heterocycles. The van der Waals surface area contributed by atoms with Crippen LogP contribution in [0.4, 0.5) is 0 Å². The third-order valence-electron chi connectivity index (χ3n) is 2.73. The molecule has 1 aromatic rings. The van der Waals surface area contributed by atoms with Crippen molar-refractivity contribution in [1.29, 1.82) is 0 Å². The van der Waals surface area contributed by atoms with Gasteiger partial charge in [0, 0.05) is 13.1 Å². The predicted molar refractivity (Wildman–Crippen MR) is 61.4 cm³/mol. The zero-order valence-electron chi connectivity index (χ0n) is 8.88. The van der Waals surface area contributed by atoms with Gasteiger partial charge in [0.25, 0.3) is 0 Å². The van der Waals surface area contributed by atoms with Crippen molar-refractivity contribution >= 4 is 5.57 Å². The van der Waals surface area contributed by atoms with Crippen molar-refractivity contribution in [3.63, 3.8) is 0 Å². The lowest BCUT2D eigenvalue weighted by Crippen LogP contribution is -2.07. The van der Waals surface area contributed by atoms with Crippen LogP contribution in [0.1, 0.15) is 30.9 Å². The molecule has 0 aromatic heterocycles. The van der Waals surface area contributed by atoms with Gasteiger partial charge in [-0.15, -0.1) is 0 Å². The van der Waals surface area contributed by atoms with Crippen LogP contribution in [0.15, 0.2) is 30.3 Å². The van der Waals surface area contributed by atoms with Gasteiger partial charge in [-0.05, 0) is 22.6 Å². The van der Waals surface area contributed by atoms with Crippen molar-refractivity contribution < 1.29 is 0 Å². The quantitative estimate of drug-likeness (QED) is 0.750. The molecule has 0 spiro atoms. The molecular formula is C13H17N. The smallest absolute Gasteiger partial charge is 0.0211 e. The van der Waals surface area contributed by atoms with Crippen molar-refractivity contribution in [3.05, 3.63) is 41.5 Å². The van der Waals surface area contributed by atoms with Crippen LogP contribution in [-0.2, 0) is 0 Å². The highest BCUT2D eigenvalue weighted by atomic mass is 14.9. The second-order valence-electron chi connectivity index (χ2n) is 4.14. The average Bonchev–Trinajstić information content (AvgIpc) is 2.71. The van der Waals surface area contributed by atoms with Gasteiger partial charge >= 0.3 is 0 Å². The molecule has 74 valence electrons. The summed E-state index contributed by atoms with van der Waals surface area (Å²) in [5.74, 6) is 0.616. The van der Waals surface area contributed by atoms with E-state index in [1.54, 1.807) is 0 Å².